The molecule has 0 radical (unpaired) electrons. The topological polar surface area (TPSA) is 49.7 Å². The first-order chi connectivity index (χ1) is 7.35. The van der Waals surface area contributed by atoms with Crippen molar-refractivity contribution in [3.63, 3.8) is 0 Å². The van der Waals surface area contributed by atoms with Gasteiger partial charge in [-0.05, 0) is 42.6 Å². The number of sulfonamides is 1. The quantitative estimate of drug-likeness (QED) is 0.670. The molecule has 16 heavy (non-hydrogen) atoms. The summed E-state index contributed by atoms with van der Waals surface area (Å²) in [5.41, 5.74) is 2.28. The lowest BCUT2D eigenvalue weighted by atomic mass is 10.1. The molecule has 0 amide bonds. The van der Waals surface area contributed by atoms with E-state index in [0.717, 1.165) is 15.4 Å². The second kappa shape index (κ2) is 3.46. The highest BCUT2D eigenvalue weighted by atomic mass is 35.5. The van der Waals surface area contributed by atoms with Gasteiger partial charge in [0.25, 0.3) is 10.0 Å². The van der Waals surface area contributed by atoms with E-state index < -0.39 is 10.0 Å². The third kappa shape index (κ3) is 1.43. The number of rotatable bonds is 0. The van der Waals surface area contributed by atoms with Crippen LogP contribution in [0.3, 0.4) is 0 Å². The number of halogens is 1. The molecule has 0 spiro atoms. The summed E-state index contributed by atoms with van der Waals surface area (Å²) in [6, 6.07) is 3.34. The van der Waals surface area contributed by atoms with Crippen LogP contribution in [-0.4, -0.2) is 25.1 Å². The molecule has 0 N–H and O–H groups in total. The lowest BCUT2D eigenvalue weighted by Gasteiger charge is -2.24. The average molecular weight is 259 g/mol. The van der Waals surface area contributed by atoms with Crippen LogP contribution in [0, 0.1) is 13.8 Å². The summed E-state index contributed by atoms with van der Waals surface area (Å²) in [5.74, 6) is 0. The van der Waals surface area contributed by atoms with Crippen LogP contribution in [-0.2, 0) is 10.0 Å². The van der Waals surface area contributed by atoms with E-state index in [1.54, 1.807) is 12.1 Å². The van der Waals surface area contributed by atoms with Crippen LogP contribution in [0.2, 0.25) is 0 Å². The molecule has 0 atom stereocenters. The van der Waals surface area contributed by atoms with Crippen molar-refractivity contribution in [2.75, 3.05) is 7.05 Å². The summed E-state index contributed by atoms with van der Waals surface area (Å²) in [4.78, 5) is 4.32. The third-order valence-corrected chi connectivity index (χ3v) is 4.98. The molecule has 0 fully saturated rings. The van der Waals surface area contributed by atoms with Crippen LogP contribution < -0.4 is 0 Å². The Balaban J connectivity index is 2.87. The SMILES string of the molecule is Cc1ccc2c(c1C)N=C(Cl)N(C)S2(=O)=O. The molecule has 1 aliphatic heterocycles. The largest absolute Gasteiger partial charge is 0.268 e. The zero-order valence-corrected chi connectivity index (χ0v) is 10.7. The predicted octanol–water partition coefficient (Wildman–Crippen LogP) is 2.16. The van der Waals surface area contributed by atoms with Crippen LogP contribution in [0.15, 0.2) is 22.0 Å². The van der Waals surface area contributed by atoms with E-state index in [1.807, 2.05) is 13.8 Å². The van der Waals surface area contributed by atoms with Crippen molar-refractivity contribution < 1.29 is 8.42 Å². The lowest BCUT2D eigenvalue weighted by molar-refractivity contribution is 0.552. The van der Waals surface area contributed by atoms with Crippen molar-refractivity contribution in [2.24, 2.45) is 4.99 Å². The summed E-state index contributed by atoms with van der Waals surface area (Å²) >= 11 is 5.80. The monoisotopic (exact) mass is 258 g/mol. The molecule has 4 nitrogen and oxygen atoms in total. The molecule has 1 aromatic rings. The Morgan fingerprint density at radius 3 is 2.56 bits per heavy atom. The second-order valence-corrected chi connectivity index (χ2v) is 5.98. The van der Waals surface area contributed by atoms with Gasteiger partial charge in [-0.25, -0.2) is 17.7 Å². The summed E-state index contributed by atoms with van der Waals surface area (Å²) in [7, 11) is -2.15. The van der Waals surface area contributed by atoms with Crippen LogP contribution in [0.25, 0.3) is 0 Å². The molecule has 0 bridgehead atoms. The number of nitrogens with zero attached hydrogens (tertiary/aromatic N) is 2. The number of amidine groups is 1. The molecule has 0 saturated heterocycles. The minimum absolute atomic E-state index is 0.0267. The minimum Gasteiger partial charge on any atom is -0.243 e. The molecule has 1 aromatic carbocycles. The third-order valence-electron chi connectivity index (χ3n) is 2.77. The van der Waals surface area contributed by atoms with Crippen LogP contribution >= 0.6 is 11.6 Å². The highest BCUT2D eigenvalue weighted by molar-refractivity contribution is 7.90. The van der Waals surface area contributed by atoms with Gasteiger partial charge in [-0.15, -0.1) is 0 Å². The van der Waals surface area contributed by atoms with Gasteiger partial charge in [0, 0.05) is 7.05 Å². The van der Waals surface area contributed by atoms with Gasteiger partial charge in [0.05, 0.1) is 5.69 Å². The molecule has 0 saturated carbocycles. The van der Waals surface area contributed by atoms with Gasteiger partial charge in [-0.1, -0.05) is 6.07 Å². The number of aryl methyl sites for hydroxylation is 1. The van der Waals surface area contributed by atoms with Gasteiger partial charge < -0.3 is 0 Å². The van der Waals surface area contributed by atoms with Gasteiger partial charge in [0.2, 0.25) is 5.29 Å². The Kier molecular flexibility index (Phi) is 2.47. The lowest BCUT2D eigenvalue weighted by Crippen LogP contribution is -2.32. The summed E-state index contributed by atoms with van der Waals surface area (Å²) < 4.78 is 25.1. The minimum atomic E-state index is -3.54. The summed E-state index contributed by atoms with van der Waals surface area (Å²) in [5, 5.41) is -0.0267. The van der Waals surface area contributed by atoms with Gasteiger partial charge in [-0.3, -0.25) is 0 Å². The fourth-order valence-corrected chi connectivity index (χ4v) is 3.11. The highest BCUT2D eigenvalue weighted by Gasteiger charge is 2.31. The Labute approximate surface area is 99.6 Å². The zero-order chi connectivity index (χ0) is 12.1. The van der Waals surface area contributed by atoms with Crippen LogP contribution in [0.4, 0.5) is 5.69 Å². The molecule has 86 valence electrons. The molecular formula is C10H11ClN2O2S. The number of fused-ring (bicyclic) bond motifs is 1. The van der Waals surface area contributed by atoms with Crippen molar-refractivity contribution in [3.8, 4) is 0 Å². The average Bonchev–Trinajstić information content (AvgIpc) is 2.21. The van der Waals surface area contributed by atoms with E-state index in [-0.39, 0.29) is 10.2 Å². The number of hydrogen-bond acceptors (Lipinski definition) is 3. The maximum absolute atomic E-state index is 12.0. The Bertz CT molecular complexity index is 593. The predicted molar refractivity (Wildman–Crippen MR) is 63.8 cm³/mol. The van der Waals surface area contributed by atoms with Crippen LogP contribution in [0.1, 0.15) is 11.1 Å². The maximum Gasteiger partial charge on any atom is 0.268 e. The first-order valence-corrected chi connectivity index (χ1v) is 6.51. The summed E-state index contributed by atoms with van der Waals surface area (Å²) in [6.07, 6.45) is 0. The van der Waals surface area contributed by atoms with Gasteiger partial charge >= 0.3 is 0 Å². The molecule has 1 aliphatic rings. The van der Waals surface area contributed by atoms with Crippen LogP contribution in [0.5, 0.6) is 0 Å². The van der Waals surface area contributed by atoms with E-state index in [9.17, 15) is 8.42 Å². The molecular weight excluding hydrogens is 248 g/mol. The second-order valence-electron chi connectivity index (χ2n) is 3.71. The fraction of sp³-hybridized carbons (Fsp3) is 0.300. The summed E-state index contributed by atoms with van der Waals surface area (Å²) in [6.45, 7) is 3.74. The Morgan fingerprint density at radius 2 is 1.94 bits per heavy atom. The molecule has 0 aromatic heterocycles. The van der Waals surface area contributed by atoms with Gasteiger partial charge in [0.1, 0.15) is 4.90 Å². The normalized spacial score (nSPS) is 18.0. The molecule has 0 aliphatic carbocycles. The van der Waals surface area contributed by atoms with Crippen molar-refractivity contribution in [3.05, 3.63) is 23.3 Å². The Hall–Kier alpha value is -1.07. The maximum atomic E-state index is 12.0. The fourth-order valence-electron chi connectivity index (χ4n) is 1.53. The molecule has 6 heteroatoms. The number of hydrogen-bond donors (Lipinski definition) is 0. The van der Waals surface area contributed by atoms with Crippen molar-refractivity contribution in [1.82, 2.24) is 4.31 Å². The number of benzene rings is 1. The molecule has 1 heterocycles. The van der Waals surface area contributed by atoms with Gasteiger partial charge in [-0.2, -0.15) is 0 Å². The highest BCUT2D eigenvalue weighted by Crippen LogP contribution is 2.36. The van der Waals surface area contributed by atoms with Crippen molar-refractivity contribution >= 4 is 32.6 Å². The molecule has 0 unspecified atom stereocenters. The zero-order valence-electron chi connectivity index (χ0n) is 9.15. The van der Waals surface area contributed by atoms with Crippen molar-refractivity contribution in [1.29, 1.82) is 0 Å². The van der Waals surface area contributed by atoms with Gasteiger partial charge in [0.15, 0.2) is 0 Å². The van der Waals surface area contributed by atoms with E-state index in [4.69, 9.17) is 11.6 Å². The standard InChI is InChI=1S/C10H11ClN2O2S/c1-6-4-5-8-9(7(6)2)12-10(11)13(3)16(8,14)15/h4-5H,1-3H3. The first-order valence-electron chi connectivity index (χ1n) is 4.69. The van der Waals surface area contributed by atoms with E-state index in [1.165, 1.54) is 7.05 Å². The van der Waals surface area contributed by atoms with Crippen molar-refractivity contribution in [2.45, 2.75) is 18.7 Å². The van der Waals surface area contributed by atoms with E-state index in [0.29, 0.717) is 5.69 Å². The Morgan fingerprint density at radius 1 is 1.31 bits per heavy atom. The first kappa shape index (κ1) is 11.4. The number of aliphatic imine (C=N–C) groups is 1. The van der Waals surface area contributed by atoms with E-state index >= 15 is 0 Å². The molecule has 2 rings (SSSR count). The smallest absolute Gasteiger partial charge is 0.243 e. The van der Waals surface area contributed by atoms with E-state index in [2.05, 4.69) is 4.99 Å².